The molecule has 0 saturated heterocycles. The monoisotopic (exact) mass is 301 g/mol. The van der Waals surface area contributed by atoms with Crippen molar-refractivity contribution >= 4 is 15.9 Å². The summed E-state index contributed by atoms with van der Waals surface area (Å²) in [4.78, 5) is 2.25. The van der Waals surface area contributed by atoms with Crippen LogP contribution in [0.2, 0.25) is 0 Å². The second-order valence-corrected chi connectivity index (χ2v) is 5.53. The molecule has 1 nitrogen and oxygen atoms in total. The zero-order valence-corrected chi connectivity index (χ0v) is 12.2. The molecule has 1 unspecified atom stereocenters. The van der Waals surface area contributed by atoms with Crippen molar-refractivity contribution in [1.29, 1.82) is 0 Å². The van der Waals surface area contributed by atoms with E-state index in [-0.39, 0.29) is 5.82 Å². The molecule has 1 aromatic rings. The highest BCUT2D eigenvalue weighted by molar-refractivity contribution is 9.09. The maximum Gasteiger partial charge on any atom is 0.123 e. The van der Waals surface area contributed by atoms with Gasteiger partial charge < -0.3 is 4.90 Å². The molecule has 0 aliphatic carbocycles. The van der Waals surface area contributed by atoms with E-state index in [2.05, 4.69) is 34.8 Å². The van der Waals surface area contributed by atoms with Gasteiger partial charge in [-0.3, -0.25) is 0 Å². The summed E-state index contributed by atoms with van der Waals surface area (Å²) >= 11 is 3.46. The van der Waals surface area contributed by atoms with Crippen molar-refractivity contribution in [3.63, 3.8) is 0 Å². The number of rotatable bonds is 7. The van der Waals surface area contributed by atoms with Crippen LogP contribution in [0.3, 0.4) is 0 Å². The lowest BCUT2D eigenvalue weighted by Crippen LogP contribution is -2.21. The second-order valence-electron chi connectivity index (χ2n) is 4.74. The first-order valence-electron chi connectivity index (χ1n) is 6.10. The normalized spacial score (nSPS) is 13.0. The largest absolute Gasteiger partial charge is 0.302 e. The summed E-state index contributed by atoms with van der Waals surface area (Å²) in [5, 5.41) is 1.07. The van der Waals surface area contributed by atoms with Crippen molar-refractivity contribution in [3.8, 4) is 0 Å². The highest BCUT2D eigenvalue weighted by atomic mass is 79.9. The van der Waals surface area contributed by atoms with Crippen molar-refractivity contribution in [2.75, 3.05) is 18.9 Å². The number of hydrogen-bond donors (Lipinski definition) is 0. The molecule has 0 spiro atoms. The highest BCUT2D eigenvalue weighted by Crippen LogP contribution is 2.11. The Hall–Kier alpha value is -0.410. The predicted molar refractivity (Wildman–Crippen MR) is 74.9 cm³/mol. The maximum absolute atomic E-state index is 13.0. The molecule has 96 valence electrons. The van der Waals surface area contributed by atoms with Gasteiger partial charge in [-0.15, -0.1) is 0 Å². The average molecular weight is 302 g/mol. The van der Waals surface area contributed by atoms with Gasteiger partial charge in [-0.05, 0) is 50.0 Å². The summed E-state index contributed by atoms with van der Waals surface area (Å²) in [6.45, 7) is 4.15. The molecule has 0 heterocycles. The first-order valence-corrected chi connectivity index (χ1v) is 7.23. The van der Waals surface area contributed by atoms with E-state index in [1.165, 1.54) is 18.9 Å². The van der Waals surface area contributed by atoms with Crippen LogP contribution in [0.25, 0.3) is 0 Å². The lowest BCUT2D eigenvalue weighted by molar-refractivity contribution is 0.296. The number of nitrogens with zero attached hydrogens (tertiary/aromatic N) is 1. The van der Waals surface area contributed by atoms with E-state index in [4.69, 9.17) is 0 Å². The van der Waals surface area contributed by atoms with Crippen molar-refractivity contribution in [3.05, 3.63) is 35.6 Å². The van der Waals surface area contributed by atoms with E-state index >= 15 is 0 Å². The Labute approximate surface area is 112 Å². The Balaban J connectivity index is 2.32. The fourth-order valence-corrected chi connectivity index (χ4v) is 2.58. The molecule has 0 aromatic heterocycles. The van der Waals surface area contributed by atoms with Crippen LogP contribution in [-0.2, 0) is 6.54 Å². The van der Waals surface area contributed by atoms with Gasteiger partial charge in [0.05, 0.1) is 0 Å². The molecule has 0 aliphatic heterocycles. The summed E-state index contributed by atoms with van der Waals surface area (Å²) in [5.41, 5.74) is 1.04. The van der Waals surface area contributed by atoms with Crippen LogP contribution < -0.4 is 0 Å². The van der Waals surface area contributed by atoms with Gasteiger partial charge in [-0.2, -0.15) is 0 Å². The summed E-state index contributed by atoms with van der Waals surface area (Å²) in [7, 11) is 2.09. The lowest BCUT2D eigenvalue weighted by Gasteiger charge is -2.19. The Morgan fingerprint density at radius 2 is 2.12 bits per heavy atom. The van der Waals surface area contributed by atoms with E-state index < -0.39 is 0 Å². The molecule has 0 fully saturated rings. The van der Waals surface area contributed by atoms with Crippen molar-refractivity contribution < 1.29 is 4.39 Å². The van der Waals surface area contributed by atoms with Crippen LogP contribution in [0.1, 0.15) is 25.3 Å². The molecule has 1 rings (SSSR count). The van der Waals surface area contributed by atoms with Gasteiger partial charge in [0.1, 0.15) is 5.82 Å². The third-order valence-corrected chi connectivity index (χ3v) is 3.40. The Bertz CT molecular complexity index is 330. The van der Waals surface area contributed by atoms with E-state index in [1.807, 2.05) is 6.07 Å². The van der Waals surface area contributed by atoms with E-state index in [1.54, 1.807) is 12.1 Å². The molecule has 0 amide bonds. The minimum atomic E-state index is -0.149. The first kappa shape index (κ1) is 14.7. The van der Waals surface area contributed by atoms with Gasteiger partial charge in [0.25, 0.3) is 0 Å². The molecule has 0 radical (unpaired) electrons. The minimum absolute atomic E-state index is 0.149. The zero-order valence-electron chi connectivity index (χ0n) is 10.6. The highest BCUT2D eigenvalue weighted by Gasteiger charge is 2.05. The van der Waals surface area contributed by atoms with Crippen LogP contribution in [0.5, 0.6) is 0 Å². The van der Waals surface area contributed by atoms with Crippen LogP contribution in [0, 0.1) is 11.7 Å². The standard InChI is InChI=1S/C14H21BrFN/c1-12(6-8-15)7-9-17(2)11-13-4-3-5-14(16)10-13/h3-5,10,12H,6-9,11H2,1-2H3. The molecule has 17 heavy (non-hydrogen) atoms. The molecule has 3 heteroatoms. The van der Waals surface area contributed by atoms with Crippen LogP contribution in [0.4, 0.5) is 4.39 Å². The molecule has 0 N–H and O–H groups in total. The SMILES string of the molecule is CC(CCBr)CCN(C)Cc1cccc(F)c1. The average Bonchev–Trinajstić information content (AvgIpc) is 2.27. The van der Waals surface area contributed by atoms with Crippen molar-refractivity contribution in [1.82, 2.24) is 4.90 Å². The third-order valence-electron chi connectivity index (χ3n) is 2.95. The van der Waals surface area contributed by atoms with Gasteiger partial charge in [-0.25, -0.2) is 4.39 Å². The smallest absolute Gasteiger partial charge is 0.123 e. The molecular weight excluding hydrogens is 281 g/mol. The van der Waals surface area contributed by atoms with Crippen molar-refractivity contribution in [2.45, 2.75) is 26.3 Å². The topological polar surface area (TPSA) is 3.24 Å². The summed E-state index contributed by atoms with van der Waals surface area (Å²) in [5.74, 6) is 0.591. The van der Waals surface area contributed by atoms with E-state index in [0.29, 0.717) is 0 Å². The molecule has 1 aromatic carbocycles. The molecule has 0 saturated carbocycles. The van der Waals surface area contributed by atoms with Crippen molar-refractivity contribution in [2.24, 2.45) is 5.92 Å². The van der Waals surface area contributed by atoms with Gasteiger partial charge in [0, 0.05) is 11.9 Å². The maximum atomic E-state index is 13.0. The Morgan fingerprint density at radius 1 is 1.35 bits per heavy atom. The van der Waals surface area contributed by atoms with Gasteiger partial charge in [0.15, 0.2) is 0 Å². The van der Waals surface area contributed by atoms with E-state index in [0.717, 1.165) is 29.9 Å². The first-order chi connectivity index (χ1) is 8.11. The van der Waals surface area contributed by atoms with Crippen LogP contribution >= 0.6 is 15.9 Å². The summed E-state index contributed by atoms with van der Waals surface area (Å²) in [6.07, 6.45) is 2.41. The zero-order chi connectivity index (χ0) is 12.7. The summed E-state index contributed by atoms with van der Waals surface area (Å²) < 4.78 is 13.0. The minimum Gasteiger partial charge on any atom is -0.302 e. The molecular formula is C14H21BrFN. The Morgan fingerprint density at radius 3 is 2.76 bits per heavy atom. The quantitative estimate of drug-likeness (QED) is 0.686. The third kappa shape index (κ3) is 6.18. The fourth-order valence-electron chi connectivity index (χ4n) is 1.80. The summed E-state index contributed by atoms with van der Waals surface area (Å²) in [6, 6.07) is 6.84. The van der Waals surface area contributed by atoms with Gasteiger partial charge >= 0.3 is 0 Å². The Kier molecular flexibility index (Phi) is 6.75. The lowest BCUT2D eigenvalue weighted by atomic mass is 10.1. The molecule has 1 atom stereocenters. The van der Waals surface area contributed by atoms with Gasteiger partial charge in [-0.1, -0.05) is 35.0 Å². The fraction of sp³-hybridized carbons (Fsp3) is 0.571. The molecule has 0 aliphatic rings. The number of alkyl halides is 1. The van der Waals surface area contributed by atoms with Gasteiger partial charge in [0.2, 0.25) is 0 Å². The number of benzene rings is 1. The van der Waals surface area contributed by atoms with E-state index in [9.17, 15) is 4.39 Å². The second kappa shape index (κ2) is 7.83. The number of hydrogen-bond acceptors (Lipinski definition) is 1. The number of halogens is 2. The van der Waals surface area contributed by atoms with Crippen LogP contribution in [0.15, 0.2) is 24.3 Å². The van der Waals surface area contributed by atoms with Crippen LogP contribution in [-0.4, -0.2) is 23.8 Å². The molecule has 0 bridgehead atoms. The predicted octanol–water partition coefficient (Wildman–Crippen LogP) is 4.07.